The third-order valence-corrected chi connectivity index (χ3v) is 2.82. The van der Waals surface area contributed by atoms with Gasteiger partial charge in [0.05, 0.1) is 18.7 Å². The summed E-state index contributed by atoms with van der Waals surface area (Å²) in [6.07, 6.45) is 0. The van der Waals surface area contributed by atoms with Crippen LogP contribution in [0.15, 0.2) is 41.2 Å². The summed E-state index contributed by atoms with van der Waals surface area (Å²) in [5, 5.41) is 0. The molecule has 0 unspecified atom stereocenters. The number of methoxy groups -OCH3 is 1. The molecule has 0 bridgehead atoms. The number of hydrogen-bond acceptors (Lipinski definition) is 2. The van der Waals surface area contributed by atoms with Crippen molar-refractivity contribution in [2.75, 3.05) is 7.11 Å². The lowest BCUT2D eigenvalue weighted by molar-refractivity contribution is 0.416. The zero-order chi connectivity index (χ0) is 12.3. The molecule has 17 heavy (non-hydrogen) atoms. The number of pyridine rings is 1. The molecule has 4 heteroatoms. The van der Waals surface area contributed by atoms with Gasteiger partial charge in [-0.3, -0.25) is 4.79 Å². The molecular weight excluding hydrogens is 238 g/mol. The molecule has 1 aromatic heterocycles. The van der Waals surface area contributed by atoms with Crippen molar-refractivity contribution in [2.24, 2.45) is 0 Å². The van der Waals surface area contributed by atoms with E-state index in [0.717, 1.165) is 17.0 Å². The Bertz CT molecular complexity index is 578. The Morgan fingerprint density at radius 2 is 2.00 bits per heavy atom. The summed E-state index contributed by atoms with van der Waals surface area (Å²) in [6, 6.07) is 11.1. The first-order chi connectivity index (χ1) is 8.26. The Hall–Kier alpha value is -1.74. The van der Waals surface area contributed by atoms with Crippen LogP contribution in [0.3, 0.4) is 0 Å². The number of benzene rings is 1. The van der Waals surface area contributed by atoms with E-state index in [1.54, 1.807) is 13.2 Å². The van der Waals surface area contributed by atoms with Gasteiger partial charge in [-0.25, -0.2) is 0 Å². The van der Waals surface area contributed by atoms with Gasteiger partial charge in [0.25, 0.3) is 5.56 Å². The highest BCUT2D eigenvalue weighted by Crippen LogP contribution is 2.27. The maximum absolute atomic E-state index is 11.7. The van der Waals surface area contributed by atoms with Crippen LogP contribution in [0.25, 0.3) is 11.3 Å². The molecule has 1 heterocycles. The van der Waals surface area contributed by atoms with E-state index in [2.05, 4.69) is 4.98 Å². The molecule has 0 atom stereocenters. The zero-order valence-corrected chi connectivity index (χ0v) is 10.1. The highest BCUT2D eigenvalue weighted by Gasteiger charge is 2.06. The lowest BCUT2D eigenvalue weighted by atomic mass is 10.1. The van der Waals surface area contributed by atoms with Gasteiger partial charge in [-0.05, 0) is 18.2 Å². The predicted molar refractivity (Wildman–Crippen MR) is 68.6 cm³/mol. The number of ether oxygens (including phenoxy) is 1. The van der Waals surface area contributed by atoms with E-state index in [1.807, 2.05) is 30.3 Å². The number of aromatic nitrogens is 1. The normalized spacial score (nSPS) is 10.2. The van der Waals surface area contributed by atoms with Crippen LogP contribution in [0.5, 0.6) is 5.75 Å². The number of aromatic amines is 1. The van der Waals surface area contributed by atoms with Gasteiger partial charge in [0.2, 0.25) is 0 Å². The van der Waals surface area contributed by atoms with E-state index in [-0.39, 0.29) is 11.4 Å². The van der Waals surface area contributed by atoms with E-state index in [1.165, 1.54) is 0 Å². The molecule has 0 radical (unpaired) electrons. The summed E-state index contributed by atoms with van der Waals surface area (Å²) in [5.74, 6) is 0.934. The summed E-state index contributed by atoms with van der Waals surface area (Å²) in [7, 11) is 1.60. The molecule has 0 fully saturated rings. The minimum Gasteiger partial charge on any atom is -0.496 e. The molecule has 0 aliphatic heterocycles. The van der Waals surface area contributed by atoms with Crippen molar-refractivity contribution >= 4 is 11.6 Å². The minimum atomic E-state index is -0.164. The number of alkyl halides is 1. The number of nitrogens with one attached hydrogen (secondary N) is 1. The molecule has 0 saturated carbocycles. The van der Waals surface area contributed by atoms with Gasteiger partial charge < -0.3 is 9.72 Å². The topological polar surface area (TPSA) is 42.1 Å². The van der Waals surface area contributed by atoms with E-state index in [9.17, 15) is 4.79 Å². The van der Waals surface area contributed by atoms with Gasteiger partial charge in [0, 0.05) is 11.1 Å². The van der Waals surface area contributed by atoms with Crippen LogP contribution >= 0.6 is 11.6 Å². The number of H-pyrrole nitrogens is 1. The summed E-state index contributed by atoms with van der Waals surface area (Å²) >= 11 is 5.64. The summed E-state index contributed by atoms with van der Waals surface area (Å²) in [6.45, 7) is 0. The highest BCUT2D eigenvalue weighted by molar-refractivity contribution is 6.17. The fraction of sp³-hybridized carbons (Fsp3) is 0.154. The van der Waals surface area contributed by atoms with Crippen molar-refractivity contribution in [3.8, 4) is 17.0 Å². The zero-order valence-electron chi connectivity index (χ0n) is 9.37. The Kier molecular flexibility index (Phi) is 3.49. The minimum absolute atomic E-state index is 0.164. The maximum atomic E-state index is 11.7. The van der Waals surface area contributed by atoms with Crippen molar-refractivity contribution in [2.45, 2.75) is 5.88 Å². The lowest BCUT2D eigenvalue weighted by Gasteiger charge is -2.08. The molecule has 2 aromatic rings. The van der Waals surface area contributed by atoms with Crippen molar-refractivity contribution < 1.29 is 4.74 Å². The van der Waals surface area contributed by atoms with Crippen molar-refractivity contribution in [3.63, 3.8) is 0 Å². The van der Waals surface area contributed by atoms with Gasteiger partial charge in [-0.2, -0.15) is 0 Å². The number of rotatable bonds is 3. The standard InChI is InChI=1S/C13H12ClNO2/c1-17-12-5-3-2-4-10(12)11-7-6-9(8-14)13(16)15-11/h2-7H,8H2,1H3,(H,15,16). The quantitative estimate of drug-likeness (QED) is 0.850. The predicted octanol–water partition coefficient (Wildman–Crippen LogP) is 2.79. The first kappa shape index (κ1) is 11.7. The van der Waals surface area contributed by atoms with Crippen LogP contribution < -0.4 is 10.3 Å². The molecule has 0 saturated heterocycles. The van der Waals surface area contributed by atoms with Gasteiger partial charge in [-0.15, -0.1) is 11.6 Å². The molecule has 1 aromatic carbocycles. The highest BCUT2D eigenvalue weighted by atomic mass is 35.5. The second kappa shape index (κ2) is 5.06. The first-order valence-corrected chi connectivity index (χ1v) is 5.71. The Labute approximate surface area is 104 Å². The number of para-hydroxylation sites is 1. The van der Waals surface area contributed by atoms with Crippen LogP contribution in [-0.4, -0.2) is 12.1 Å². The Morgan fingerprint density at radius 1 is 1.24 bits per heavy atom. The van der Waals surface area contributed by atoms with Crippen LogP contribution in [0.4, 0.5) is 0 Å². The largest absolute Gasteiger partial charge is 0.496 e. The van der Waals surface area contributed by atoms with E-state index >= 15 is 0 Å². The fourth-order valence-corrected chi connectivity index (χ4v) is 1.84. The molecule has 88 valence electrons. The molecule has 0 aliphatic rings. The second-order valence-corrected chi connectivity index (χ2v) is 3.83. The Morgan fingerprint density at radius 3 is 2.65 bits per heavy atom. The Balaban J connectivity index is 2.53. The number of halogens is 1. The smallest absolute Gasteiger partial charge is 0.252 e. The van der Waals surface area contributed by atoms with E-state index in [0.29, 0.717) is 5.56 Å². The van der Waals surface area contributed by atoms with Crippen LogP contribution in [0.1, 0.15) is 5.56 Å². The summed E-state index contributed by atoms with van der Waals surface area (Å²) in [4.78, 5) is 14.5. The fourth-order valence-electron chi connectivity index (χ4n) is 1.63. The van der Waals surface area contributed by atoms with Gasteiger partial charge >= 0.3 is 0 Å². The summed E-state index contributed by atoms with van der Waals surface area (Å²) in [5.41, 5.74) is 1.98. The second-order valence-electron chi connectivity index (χ2n) is 3.56. The van der Waals surface area contributed by atoms with Gasteiger partial charge in [0.15, 0.2) is 0 Å². The molecular formula is C13H12ClNO2. The van der Waals surface area contributed by atoms with Crippen molar-refractivity contribution in [3.05, 3.63) is 52.3 Å². The van der Waals surface area contributed by atoms with Crippen molar-refractivity contribution in [1.29, 1.82) is 0 Å². The molecule has 1 N–H and O–H groups in total. The van der Waals surface area contributed by atoms with Crippen molar-refractivity contribution in [1.82, 2.24) is 4.98 Å². The van der Waals surface area contributed by atoms with Crippen LogP contribution in [0, 0.1) is 0 Å². The first-order valence-electron chi connectivity index (χ1n) is 5.18. The maximum Gasteiger partial charge on any atom is 0.252 e. The average Bonchev–Trinajstić information content (AvgIpc) is 2.38. The SMILES string of the molecule is COc1ccccc1-c1ccc(CCl)c(=O)[nH]1. The molecule has 3 nitrogen and oxygen atoms in total. The average molecular weight is 250 g/mol. The van der Waals surface area contributed by atoms with Gasteiger partial charge in [0.1, 0.15) is 5.75 Å². The number of hydrogen-bond donors (Lipinski definition) is 1. The van der Waals surface area contributed by atoms with Gasteiger partial charge in [-0.1, -0.05) is 18.2 Å². The lowest BCUT2D eigenvalue weighted by Crippen LogP contribution is -2.11. The third-order valence-electron chi connectivity index (χ3n) is 2.53. The van der Waals surface area contributed by atoms with E-state index < -0.39 is 0 Å². The summed E-state index contributed by atoms with van der Waals surface area (Å²) < 4.78 is 5.25. The molecule has 0 spiro atoms. The molecule has 0 aliphatic carbocycles. The molecule has 2 rings (SSSR count). The monoisotopic (exact) mass is 249 g/mol. The molecule has 0 amide bonds. The van der Waals surface area contributed by atoms with Crippen LogP contribution in [-0.2, 0) is 5.88 Å². The van der Waals surface area contributed by atoms with Crippen LogP contribution in [0.2, 0.25) is 0 Å². The third kappa shape index (κ3) is 2.34. The van der Waals surface area contributed by atoms with E-state index in [4.69, 9.17) is 16.3 Å².